The smallest absolute Gasteiger partial charge is 0.238 e. The third-order valence-electron chi connectivity index (χ3n) is 4.30. The molecule has 0 aromatic heterocycles. The number of hydrogen-bond donors (Lipinski definition) is 2. The summed E-state index contributed by atoms with van der Waals surface area (Å²) in [4.78, 5) is 1.87. The standard InChI is InChI=1S/C13H18FN3O2S/c14-12-7-11(20(16,18)19)3-4-13(12)17-9-1-2-10(17)6-8(15)5-9/h3-4,7-10H,1-2,5-6,15H2,(H2,16,18,19). The van der Waals surface area contributed by atoms with Crippen LogP contribution in [0.3, 0.4) is 0 Å². The zero-order chi connectivity index (χ0) is 14.5. The summed E-state index contributed by atoms with van der Waals surface area (Å²) < 4.78 is 36.7. The molecule has 0 radical (unpaired) electrons. The zero-order valence-corrected chi connectivity index (χ0v) is 11.8. The summed E-state index contributed by atoms with van der Waals surface area (Å²) in [6.45, 7) is 0. The van der Waals surface area contributed by atoms with Gasteiger partial charge in [-0.05, 0) is 43.9 Å². The van der Waals surface area contributed by atoms with Gasteiger partial charge >= 0.3 is 0 Å². The first-order chi connectivity index (χ1) is 9.36. The predicted octanol–water partition coefficient (Wildman–Crippen LogP) is 0.932. The fraction of sp³-hybridized carbons (Fsp3) is 0.538. The van der Waals surface area contributed by atoms with Crippen molar-refractivity contribution in [2.45, 2.75) is 48.7 Å². The van der Waals surface area contributed by atoms with E-state index in [0.717, 1.165) is 31.7 Å². The molecule has 5 nitrogen and oxygen atoms in total. The largest absolute Gasteiger partial charge is 0.363 e. The highest BCUT2D eigenvalue weighted by Crippen LogP contribution is 2.40. The van der Waals surface area contributed by atoms with Crippen molar-refractivity contribution in [2.24, 2.45) is 10.9 Å². The third kappa shape index (κ3) is 2.30. The molecule has 0 aliphatic carbocycles. The Morgan fingerprint density at radius 1 is 1.20 bits per heavy atom. The van der Waals surface area contributed by atoms with E-state index in [0.29, 0.717) is 5.69 Å². The van der Waals surface area contributed by atoms with E-state index in [4.69, 9.17) is 10.9 Å². The highest BCUT2D eigenvalue weighted by atomic mass is 32.2. The molecule has 110 valence electrons. The Hall–Kier alpha value is -1.18. The minimum atomic E-state index is -3.87. The maximum absolute atomic E-state index is 14.2. The Morgan fingerprint density at radius 2 is 1.80 bits per heavy atom. The summed E-state index contributed by atoms with van der Waals surface area (Å²) in [6, 6.07) is 4.55. The molecule has 7 heteroatoms. The number of nitrogens with two attached hydrogens (primary N) is 2. The molecule has 2 aliphatic heterocycles. The fourth-order valence-electron chi connectivity index (χ4n) is 3.49. The Kier molecular flexibility index (Phi) is 3.23. The van der Waals surface area contributed by atoms with Crippen LogP contribution in [0.15, 0.2) is 23.1 Å². The van der Waals surface area contributed by atoms with Gasteiger partial charge in [-0.3, -0.25) is 0 Å². The summed E-state index contributed by atoms with van der Waals surface area (Å²) in [5.74, 6) is -0.538. The van der Waals surface area contributed by atoms with Gasteiger partial charge in [0.15, 0.2) is 0 Å². The number of nitrogens with zero attached hydrogens (tertiary/aromatic N) is 1. The van der Waals surface area contributed by atoms with E-state index < -0.39 is 15.8 Å². The second kappa shape index (κ2) is 4.68. The molecule has 20 heavy (non-hydrogen) atoms. The quantitative estimate of drug-likeness (QED) is 0.850. The minimum absolute atomic E-state index is 0.176. The molecule has 2 unspecified atom stereocenters. The average Bonchev–Trinajstić information content (AvgIpc) is 2.61. The first-order valence-electron chi connectivity index (χ1n) is 6.72. The van der Waals surface area contributed by atoms with Gasteiger partial charge in [-0.15, -0.1) is 0 Å². The summed E-state index contributed by atoms with van der Waals surface area (Å²) >= 11 is 0. The summed E-state index contributed by atoms with van der Waals surface area (Å²) in [7, 11) is -3.87. The number of piperidine rings is 1. The third-order valence-corrected chi connectivity index (χ3v) is 5.21. The number of fused-ring (bicyclic) bond motifs is 2. The lowest BCUT2D eigenvalue weighted by Crippen LogP contribution is -2.47. The molecular formula is C13H18FN3O2S. The van der Waals surface area contributed by atoms with Gasteiger partial charge in [0.1, 0.15) is 5.82 Å². The van der Waals surface area contributed by atoms with Crippen molar-refractivity contribution in [1.82, 2.24) is 0 Å². The van der Waals surface area contributed by atoms with E-state index in [-0.39, 0.29) is 23.0 Å². The van der Waals surface area contributed by atoms with Crippen LogP contribution in [0.5, 0.6) is 0 Å². The number of primary sulfonamides is 1. The average molecular weight is 299 g/mol. The number of sulfonamides is 1. The lowest BCUT2D eigenvalue weighted by Gasteiger charge is -2.39. The predicted molar refractivity (Wildman–Crippen MR) is 74.3 cm³/mol. The van der Waals surface area contributed by atoms with Crippen molar-refractivity contribution < 1.29 is 12.8 Å². The number of benzene rings is 1. The summed E-state index contributed by atoms with van der Waals surface area (Å²) in [6.07, 6.45) is 3.73. The van der Waals surface area contributed by atoms with Gasteiger partial charge in [-0.2, -0.15) is 0 Å². The van der Waals surface area contributed by atoms with Crippen LogP contribution >= 0.6 is 0 Å². The summed E-state index contributed by atoms with van der Waals surface area (Å²) in [5.41, 5.74) is 6.45. The monoisotopic (exact) mass is 299 g/mol. The van der Waals surface area contributed by atoms with Crippen molar-refractivity contribution in [1.29, 1.82) is 0 Å². The van der Waals surface area contributed by atoms with Crippen LogP contribution in [0.2, 0.25) is 0 Å². The molecule has 2 saturated heterocycles. The van der Waals surface area contributed by atoms with E-state index in [2.05, 4.69) is 4.90 Å². The van der Waals surface area contributed by atoms with Gasteiger partial charge in [0.2, 0.25) is 10.0 Å². The first kappa shape index (κ1) is 13.8. The van der Waals surface area contributed by atoms with Gasteiger partial charge in [0.25, 0.3) is 0 Å². The van der Waals surface area contributed by atoms with Crippen LogP contribution in [-0.4, -0.2) is 26.5 Å². The molecule has 1 aromatic carbocycles. The van der Waals surface area contributed by atoms with Gasteiger partial charge in [0, 0.05) is 18.1 Å². The number of hydrogen-bond acceptors (Lipinski definition) is 4. The van der Waals surface area contributed by atoms with Gasteiger partial charge in [-0.25, -0.2) is 17.9 Å². The topological polar surface area (TPSA) is 89.4 Å². The fourth-order valence-corrected chi connectivity index (χ4v) is 4.01. The number of rotatable bonds is 2. The molecule has 2 aliphatic rings. The van der Waals surface area contributed by atoms with Crippen LogP contribution in [-0.2, 0) is 10.0 Å². The Balaban J connectivity index is 1.96. The molecule has 0 spiro atoms. The Bertz CT molecular complexity index is 621. The molecule has 3 rings (SSSR count). The zero-order valence-electron chi connectivity index (χ0n) is 11.0. The highest BCUT2D eigenvalue weighted by Gasteiger charge is 2.40. The molecule has 0 saturated carbocycles. The molecule has 2 fully saturated rings. The van der Waals surface area contributed by atoms with Crippen molar-refractivity contribution in [3.63, 3.8) is 0 Å². The van der Waals surface area contributed by atoms with E-state index in [1.165, 1.54) is 12.1 Å². The van der Waals surface area contributed by atoms with E-state index in [9.17, 15) is 12.8 Å². The lowest BCUT2D eigenvalue weighted by molar-refractivity contribution is 0.409. The lowest BCUT2D eigenvalue weighted by atomic mass is 9.97. The molecule has 0 amide bonds. The minimum Gasteiger partial charge on any atom is -0.363 e. The van der Waals surface area contributed by atoms with Crippen LogP contribution in [0, 0.1) is 5.82 Å². The van der Waals surface area contributed by atoms with E-state index in [1.807, 2.05) is 0 Å². The maximum Gasteiger partial charge on any atom is 0.238 e. The summed E-state index contributed by atoms with van der Waals surface area (Å²) in [5, 5.41) is 5.01. The van der Waals surface area contributed by atoms with Gasteiger partial charge < -0.3 is 10.6 Å². The van der Waals surface area contributed by atoms with E-state index >= 15 is 0 Å². The molecular weight excluding hydrogens is 281 g/mol. The van der Waals surface area contributed by atoms with Crippen LogP contribution in [0.1, 0.15) is 25.7 Å². The SMILES string of the molecule is NC1CC2CCC(C1)N2c1ccc(S(N)(=O)=O)cc1F. The second-order valence-electron chi connectivity index (χ2n) is 5.68. The normalized spacial score (nSPS) is 29.8. The number of anilines is 1. The van der Waals surface area contributed by atoms with E-state index in [1.54, 1.807) is 0 Å². The second-order valence-corrected chi connectivity index (χ2v) is 7.24. The first-order valence-corrected chi connectivity index (χ1v) is 8.27. The van der Waals surface area contributed by atoms with Crippen LogP contribution < -0.4 is 15.8 Å². The van der Waals surface area contributed by atoms with Crippen LogP contribution in [0.4, 0.5) is 10.1 Å². The molecule has 2 bridgehead atoms. The van der Waals surface area contributed by atoms with Crippen molar-refractivity contribution >= 4 is 15.7 Å². The van der Waals surface area contributed by atoms with Crippen molar-refractivity contribution in [3.8, 4) is 0 Å². The highest BCUT2D eigenvalue weighted by molar-refractivity contribution is 7.89. The van der Waals surface area contributed by atoms with Crippen LogP contribution in [0.25, 0.3) is 0 Å². The molecule has 4 N–H and O–H groups in total. The maximum atomic E-state index is 14.2. The Morgan fingerprint density at radius 3 is 2.30 bits per heavy atom. The number of halogens is 1. The van der Waals surface area contributed by atoms with Gasteiger partial charge in [0.05, 0.1) is 10.6 Å². The Labute approximate surface area is 117 Å². The molecule has 2 heterocycles. The van der Waals surface area contributed by atoms with Crippen molar-refractivity contribution in [3.05, 3.63) is 24.0 Å². The van der Waals surface area contributed by atoms with Crippen molar-refractivity contribution in [2.75, 3.05) is 4.90 Å². The molecule has 2 atom stereocenters. The van der Waals surface area contributed by atoms with Gasteiger partial charge in [-0.1, -0.05) is 0 Å². The molecule has 1 aromatic rings.